The summed E-state index contributed by atoms with van der Waals surface area (Å²) in [7, 11) is -1.06. The average molecular weight is 514 g/mol. The summed E-state index contributed by atoms with van der Waals surface area (Å²) in [5.41, 5.74) is 0.133. The molecule has 2 N–H and O–H groups in total. The summed E-state index contributed by atoms with van der Waals surface area (Å²) in [6.07, 6.45) is 4.82. The highest BCUT2D eigenvalue weighted by molar-refractivity contribution is 14.0. The third-order valence-corrected chi connectivity index (χ3v) is 7.25. The number of fused-ring (bicyclic) bond motifs is 1. The van der Waals surface area contributed by atoms with E-state index in [1.54, 1.807) is 0 Å². The van der Waals surface area contributed by atoms with Gasteiger partial charge in [0.1, 0.15) is 9.84 Å². The Bertz CT molecular complexity index is 633. The van der Waals surface area contributed by atoms with Crippen LogP contribution in [0.25, 0.3) is 0 Å². The van der Waals surface area contributed by atoms with Gasteiger partial charge in [0, 0.05) is 63.0 Å². The normalized spacial score (nSPS) is 31.6. The van der Waals surface area contributed by atoms with Gasteiger partial charge in [-0.25, -0.2) is 8.42 Å². The van der Waals surface area contributed by atoms with Crippen LogP contribution in [0.3, 0.4) is 0 Å². The Morgan fingerprint density at radius 2 is 1.89 bits per heavy atom. The molecule has 2 aliphatic heterocycles. The molecule has 0 spiro atoms. The quantitative estimate of drug-likeness (QED) is 0.325. The number of likely N-dealkylation sites (tertiary alicyclic amines) is 1. The first kappa shape index (κ1) is 23.2. The van der Waals surface area contributed by atoms with Gasteiger partial charge in [0.25, 0.3) is 0 Å². The summed E-state index contributed by atoms with van der Waals surface area (Å²) < 4.78 is 28.5. The highest BCUT2D eigenvalue weighted by atomic mass is 127. The molecule has 3 aliphatic rings. The molecular weight excluding hydrogens is 479 g/mol. The molecule has 0 aromatic carbocycles. The number of ether oxygens (including phenoxy) is 1. The smallest absolute Gasteiger partial charge is 0.191 e. The number of nitrogens with zero attached hydrogens (tertiary/aromatic N) is 2. The van der Waals surface area contributed by atoms with Crippen molar-refractivity contribution in [2.75, 3.05) is 45.3 Å². The van der Waals surface area contributed by atoms with Crippen LogP contribution in [-0.4, -0.2) is 82.8 Å². The van der Waals surface area contributed by atoms with Gasteiger partial charge in [-0.2, -0.15) is 0 Å². The predicted octanol–water partition coefficient (Wildman–Crippen LogP) is 1.09. The first-order valence-electron chi connectivity index (χ1n) is 9.72. The number of hydrogen-bond acceptors (Lipinski definition) is 5. The summed E-state index contributed by atoms with van der Waals surface area (Å²) in [5, 5.41) is 7.20. The van der Waals surface area contributed by atoms with E-state index in [-0.39, 0.29) is 35.1 Å². The van der Waals surface area contributed by atoms with Crippen molar-refractivity contribution in [3.8, 4) is 0 Å². The molecule has 2 saturated heterocycles. The van der Waals surface area contributed by atoms with Gasteiger partial charge in [0.2, 0.25) is 0 Å². The molecular formula is C18H35IN4O3S. The van der Waals surface area contributed by atoms with Gasteiger partial charge in [-0.3, -0.25) is 4.99 Å². The van der Waals surface area contributed by atoms with Crippen molar-refractivity contribution in [1.82, 2.24) is 15.5 Å². The van der Waals surface area contributed by atoms with E-state index < -0.39 is 9.84 Å². The largest absolute Gasteiger partial charge is 0.377 e. The third-order valence-electron chi connectivity index (χ3n) is 6.32. The summed E-state index contributed by atoms with van der Waals surface area (Å²) >= 11 is 0. The first-order valence-corrected chi connectivity index (χ1v) is 11.8. The van der Waals surface area contributed by atoms with Gasteiger partial charge in [0.05, 0.1) is 11.9 Å². The minimum atomic E-state index is -2.88. The van der Waals surface area contributed by atoms with Gasteiger partial charge in [-0.15, -0.1) is 24.0 Å². The van der Waals surface area contributed by atoms with E-state index in [2.05, 4.69) is 34.4 Å². The number of rotatable bonds is 5. The van der Waals surface area contributed by atoms with Crippen molar-refractivity contribution < 1.29 is 13.2 Å². The average Bonchev–Trinajstić information content (AvgIpc) is 3.04. The molecule has 0 amide bonds. The van der Waals surface area contributed by atoms with E-state index in [0.717, 1.165) is 44.9 Å². The van der Waals surface area contributed by atoms with Gasteiger partial charge in [0.15, 0.2) is 5.96 Å². The molecule has 0 aromatic heterocycles. The molecule has 27 heavy (non-hydrogen) atoms. The Labute approximate surface area is 181 Å². The van der Waals surface area contributed by atoms with Gasteiger partial charge in [-0.1, -0.05) is 13.8 Å². The topological polar surface area (TPSA) is 83.0 Å². The van der Waals surface area contributed by atoms with Crippen LogP contribution < -0.4 is 10.6 Å². The molecule has 0 aromatic rings. The van der Waals surface area contributed by atoms with Crippen LogP contribution in [0.2, 0.25) is 0 Å². The Morgan fingerprint density at radius 1 is 1.22 bits per heavy atom. The molecule has 0 radical (unpaired) electrons. The number of hydrogen-bond donors (Lipinski definition) is 2. The second-order valence-corrected chi connectivity index (χ2v) is 10.9. The molecule has 3 fully saturated rings. The van der Waals surface area contributed by atoms with E-state index in [1.807, 2.05) is 7.05 Å². The van der Waals surface area contributed by atoms with Crippen LogP contribution in [0.5, 0.6) is 0 Å². The van der Waals surface area contributed by atoms with E-state index in [0.29, 0.717) is 30.7 Å². The summed E-state index contributed by atoms with van der Waals surface area (Å²) in [6.45, 7) is 7.90. The zero-order valence-electron chi connectivity index (χ0n) is 16.9. The van der Waals surface area contributed by atoms with Crippen molar-refractivity contribution in [3.05, 3.63) is 0 Å². The molecule has 7 nitrogen and oxygen atoms in total. The number of nitrogens with one attached hydrogen (secondary N) is 2. The Morgan fingerprint density at radius 3 is 2.48 bits per heavy atom. The lowest BCUT2D eigenvalue weighted by atomic mass is 9.57. The first-order chi connectivity index (χ1) is 12.2. The summed E-state index contributed by atoms with van der Waals surface area (Å²) in [4.78, 5) is 6.67. The highest BCUT2D eigenvalue weighted by Crippen LogP contribution is 2.52. The van der Waals surface area contributed by atoms with E-state index in [1.165, 1.54) is 6.26 Å². The summed E-state index contributed by atoms with van der Waals surface area (Å²) in [5.74, 6) is 1.71. The Hall–Kier alpha value is -0.130. The molecule has 1 aliphatic carbocycles. The predicted molar refractivity (Wildman–Crippen MR) is 120 cm³/mol. The Balaban J connectivity index is 0.00000261. The molecule has 3 rings (SSSR count). The number of sulfone groups is 1. The molecule has 2 heterocycles. The standard InChI is InChI=1S/C18H34N4O3S.HI/c1-18(2)15(14-7-11-25-16(14)18)21-17(19-3)20-13-5-8-22(9-6-13)10-12-26(4,23)24;/h13-16H,5-12H2,1-4H3,(H2,19,20,21);1H. The lowest BCUT2D eigenvalue weighted by Crippen LogP contribution is -2.68. The second kappa shape index (κ2) is 9.13. The fourth-order valence-electron chi connectivity index (χ4n) is 4.72. The third kappa shape index (κ3) is 5.48. The maximum Gasteiger partial charge on any atom is 0.191 e. The van der Waals surface area contributed by atoms with Crippen molar-refractivity contribution in [2.45, 2.75) is 51.3 Å². The molecule has 1 saturated carbocycles. The van der Waals surface area contributed by atoms with Crippen LogP contribution in [0.15, 0.2) is 4.99 Å². The second-order valence-electron chi connectivity index (χ2n) is 8.65. The zero-order chi connectivity index (χ0) is 18.9. The highest BCUT2D eigenvalue weighted by Gasteiger charge is 2.59. The number of piperidine rings is 1. The monoisotopic (exact) mass is 514 g/mol. The minimum Gasteiger partial charge on any atom is -0.377 e. The number of halogens is 1. The summed E-state index contributed by atoms with van der Waals surface area (Å²) in [6, 6.07) is 0.783. The molecule has 0 bridgehead atoms. The molecule has 9 heteroatoms. The molecule has 158 valence electrons. The minimum absolute atomic E-state index is 0. The van der Waals surface area contributed by atoms with E-state index in [4.69, 9.17) is 4.74 Å². The van der Waals surface area contributed by atoms with Crippen LogP contribution in [0, 0.1) is 11.3 Å². The van der Waals surface area contributed by atoms with Crippen LogP contribution in [0.4, 0.5) is 0 Å². The van der Waals surface area contributed by atoms with Gasteiger partial charge >= 0.3 is 0 Å². The fraction of sp³-hybridized carbons (Fsp3) is 0.944. The van der Waals surface area contributed by atoms with Crippen molar-refractivity contribution in [1.29, 1.82) is 0 Å². The van der Waals surface area contributed by atoms with Crippen molar-refractivity contribution >= 4 is 39.8 Å². The lowest BCUT2D eigenvalue weighted by molar-refractivity contribution is -0.106. The number of aliphatic imine (C=N–C) groups is 1. The fourth-order valence-corrected chi connectivity index (χ4v) is 5.31. The maximum absolute atomic E-state index is 11.3. The van der Waals surface area contributed by atoms with Crippen molar-refractivity contribution in [3.63, 3.8) is 0 Å². The maximum atomic E-state index is 11.3. The van der Waals surface area contributed by atoms with E-state index in [9.17, 15) is 8.42 Å². The van der Waals surface area contributed by atoms with Gasteiger partial charge in [-0.05, 0) is 19.3 Å². The Kier molecular flexibility index (Phi) is 7.83. The SMILES string of the molecule is CN=C(NC1CCN(CCS(C)(=O)=O)CC1)NC1C2CCOC2C1(C)C.I. The van der Waals surface area contributed by atoms with E-state index >= 15 is 0 Å². The van der Waals surface area contributed by atoms with Crippen LogP contribution in [0.1, 0.15) is 33.1 Å². The van der Waals surface area contributed by atoms with Crippen LogP contribution in [-0.2, 0) is 14.6 Å². The number of guanidine groups is 1. The molecule has 3 unspecified atom stereocenters. The molecule has 3 atom stereocenters. The van der Waals surface area contributed by atoms with Crippen molar-refractivity contribution in [2.24, 2.45) is 16.3 Å². The van der Waals surface area contributed by atoms with Crippen LogP contribution >= 0.6 is 24.0 Å². The zero-order valence-corrected chi connectivity index (χ0v) is 20.0. The lowest BCUT2D eigenvalue weighted by Gasteiger charge is -2.55. The van der Waals surface area contributed by atoms with Gasteiger partial charge < -0.3 is 20.3 Å².